The summed E-state index contributed by atoms with van der Waals surface area (Å²) in [6, 6.07) is 6.84. The summed E-state index contributed by atoms with van der Waals surface area (Å²) in [4.78, 5) is 23.2. The Bertz CT molecular complexity index is 479. The maximum Gasteiger partial charge on any atom is 0.220 e. The van der Waals surface area contributed by atoms with E-state index in [4.69, 9.17) is 5.73 Å². The number of amides is 1. The van der Waals surface area contributed by atoms with E-state index in [1.54, 1.807) is 12.1 Å². The van der Waals surface area contributed by atoms with Gasteiger partial charge in [0, 0.05) is 24.3 Å². The molecular weight excluding hydrogens is 244 g/mol. The van der Waals surface area contributed by atoms with Crippen LogP contribution in [0.2, 0.25) is 0 Å². The number of carbonyl (C=O) groups is 2. The maximum absolute atomic E-state index is 11.1. The topological polar surface area (TPSA) is 87.7 Å². The number of aromatic carboxylic acids is 1. The Labute approximate surface area is 112 Å². The number of primary amides is 1. The number of carbonyl (C=O) groups excluding carboxylic acids is 2. The van der Waals surface area contributed by atoms with E-state index in [1.165, 1.54) is 11.0 Å². The van der Waals surface area contributed by atoms with E-state index in [-0.39, 0.29) is 17.4 Å². The second kappa shape index (κ2) is 5.84. The molecule has 1 aliphatic rings. The number of quaternary nitrogens is 1. The van der Waals surface area contributed by atoms with Crippen LogP contribution in [0.25, 0.3) is 0 Å². The number of nitrogens with two attached hydrogens (primary N) is 1. The first-order valence-electron chi connectivity index (χ1n) is 6.49. The molecule has 1 aromatic rings. The van der Waals surface area contributed by atoms with Crippen LogP contribution in [0.15, 0.2) is 24.3 Å². The summed E-state index contributed by atoms with van der Waals surface area (Å²) in [5.74, 6) is -1.36. The maximum atomic E-state index is 11.1. The number of piperidine rings is 1. The van der Waals surface area contributed by atoms with E-state index in [0.29, 0.717) is 0 Å². The molecule has 19 heavy (non-hydrogen) atoms. The van der Waals surface area contributed by atoms with Gasteiger partial charge in [-0.15, -0.1) is 0 Å². The molecule has 3 N–H and O–H groups in total. The van der Waals surface area contributed by atoms with Crippen molar-refractivity contribution in [2.24, 2.45) is 11.7 Å². The molecule has 1 amide bonds. The van der Waals surface area contributed by atoms with Crippen LogP contribution in [0.3, 0.4) is 0 Å². The Morgan fingerprint density at radius 3 is 2.58 bits per heavy atom. The monoisotopic (exact) mass is 262 g/mol. The van der Waals surface area contributed by atoms with Gasteiger partial charge in [-0.25, -0.2) is 0 Å². The molecule has 5 nitrogen and oxygen atoms in total. The fourth-order valence-corrected chi connectivity index (χ4v) is 2.58. The van der Waals surface area contributed by atoms with Crippen LogP contribution in [0.1, 0.15) is 28.8 Å². The lowest BCUT2D eigenvalue weighted by molar-refractivity contribution is -0.919. The second-order valence-corrected chi connectivity index (χ2v) is 5.09. The summed E-state index contributed by atoms with van der Waals surface area (Å²) < 4.78 is 0. The first kappa shape index (κ1) is 13.5. The average Bonchev–Trinajstić information content (AvgIpc) is 2.39. The van der Waals surface area contributed by atoms with E-state index >= 15 is 0 Å². The Balaban J connectivity index is 1.94. The van der Waals surface area contributed by atoms with Crippen molar-refractivity contribution < 1.29 is 19.6 Å². The molecule has 1 aromatic carbocycles. The number of hydrogen-bond acceptors (Lipinski definition) is 3. The van der Waals surface area contributed by atoms with E-state index in [1.807, 2.05) is 6.07 Å². The van der Waals surface area contributed by atoms with Crippen molar-refractivity contribution in [3.63, 3.8) is 0 Å². The molecule has 0 unspecified atom stereocenters. The summed E-state index contributed by atoms with van der Waals surface area (Å²) >= 11 is 0. The summed E-state index contributed by atoms with van der Waals surface area (Å²) in [5, 5.41) is 10.8. The van der Waals surface area contributed by atoms with Crippen molar-refractivity contribution >= 4 is 11.9 Å². The van der Waals surface area contributed by atoms with Crippen LogP contribution in [-0.4, -0.2) is 25.0 Å². The second-order valence-electron chi connectivity index (χ2n) is 5.09. The Kier molecular flexibility index (Phi) is 4.16. The van der Waals surface area contributed by atoms with Crippen molar-refractivity contribution in [2.75, 3.05) is 13.1 Å². The van der Waals surface area contributed by atoms with Crippen LogP contribution < -0.4 is 15.7 Å². The van der Waals surface area contributed by atoms with Gasteiger partial charge >= 0.3 is 0 Å². The highest BCUT2D eigenvalue weighted by Crippen LogP contribution is 2.09. The fourth-order valence-electron chi connectivity index (χ4n) is 2.58. The van der Waals surface area contributed by atoms with Crippen LogP contribution in [0.4, 0.5) is 0 Å². The van der Waals surface area contributed by atoms with Crippen molar-refractivity contribution in [1.29, 1.82) is 0 Å². The van der Waals surface area contributed by atoms with E-state index in [9.17, 15) is 14.7 Å². The first-order valence-corrected chi connectivity index (χ1v) is 6.49. The number of hydrogen-bond donors (Lipinski definition) is 2. The van der Waals surface area contributed by atoms with Gasteiger partial charge in [0.2, 0.25) is 5.91 Å². The summed E-state index contributed by atoms with van der Waals surface area (Å²) in [6.07, 6.45) is 1.62. The predicted octanol–water partition coefficient (Wildman–Crippen LogP) is -1.67. The lowest BCUT2D eigenvalue weighted by Crippen LogP contribution is -3.11. The minimum atomic E-state index is -1.15. The molecular formula is C14H18N2O3. The highest BCUT2D eigenvalue weighted by Gasteiger charge is 2.25. The third-order valence-electron chi connectivity index (χ3n) is 3.71. The summed E-state index contributed by atoms with van der Waals surface area (Å²) in [5.41, 5.74) is 6.49. The van der Waals surface area contributed by atoms with Gasteiger partial charge in [-0.05, 0) is 11.6 Å². The standard InChI is InChI=1S/C14H18N2O3/c15-13(17)11-4-6-16(7-5-11)9-10-2-1-3-12(8-10)14(18)19/h1-3,8,11H,4-7,9H2,(H2,15,17)(H,18,19). The Morgan fingerprint density at radius 2 is 2.00 bits per heavy atom. The number of carboxylic acids is 1. The summed E-state index contributed by atoms with van der Waals surface area (Å²) in [7, 11) is 0. The largest absolute Gasteiger partial charge is 0.545 e. The van der Waals surface area contributed by atoms with E-state index < -0.39 is 5.97 Å². The van der Waals surface area contributed by atoms with Crippen LogP contribution in [0.5, 0.6) is 0 Å². The molecule has 0 saturated carbocycles. The van der Waals surface area contributed by atoms with Gasteiger partial charge in [-0.1, -0.05) is 18.2 Å². The highest BCUT2D eigenvalue weighted by molar-refractivity contribution is 5.85. The lowest BCUT2D eigenvalue weighted by Gasteiger charge is -2.27. The van der Waals surface area contributed by atoms with Crippen molar-refractivity contribution in [3.8, 4) is 0 Å². The molecule has 0 bridgehead atoms. The summed E-state index contributed by atoms with van der Waals surface area (Å²) in [6.45, 7) is 2.55. The third kappa shape index (κ3) is 3.54. The Morgan fingerprint density at radius 1 is 1.32 bits per heavy atom. The van der Waals surface area contributed by atoms with Gasteiger partial charge in [0.05, 0.1) is 19.1 Å². The van der Waals surface area contributed by atoms with Gasteiger partial charge in [0.15, 0.2) is 0 Å². The number of likely N-dealkylation sites (tertiary alicyclic amines) is 1. The zero-order valence-electron chi connectivity index (χ0n) is 10.7. The molecule has 1 aliphatic heterocycles. The SMILES string of the molecule is NC(=O)C1CC[NH+](Cc2cccc(C(=O)[O-])c2)CC1. The normalized spacial score (nSPS) is 22.9. The predicted molar refractivity (Wildman–Crippen MR) is 67.1 cm³/mol. The van der Waals surface area contributed by atoms with E-state index in [0.717, 1.165) is 38.0 Å². The molecule has 0 aliphatic carbocycles. The van der Waals surface area contributed by atoms with Crippen molar-refractivity contribution in [3.05, 3.63) is 35.4 Å². The molecule has 1 saturated heterocycles. The molecule has 0 aromatic heterocycles. The zero-order valence-corrected chi connectivity index (χ0v) is 10.7. The number of carboxylic acid groups (broad SMARTS) is 1. The molecule has 1 heterocycles. The minimum absolute atomic E-state index is 0.00157. The number of rotatable bonds is 4. The lowest BCUT2D eigenvalue weighted by atomic mass is 9.96. The average molecular weight is 262 g/mol. The molecule has 2 rings (SSSR count). The highest BCUT2D eigenvalue weighted by atomic mass is 16.4. The molecule has 5 heteroatoms. The molecule has 1 fully saturated rings. The zero-order chi connectivity index (χ0) is 13.8. The van der Waals surface area contributed by atoms with Crippen molar-refractivity contribution in [1.82, 2.24) is 0 Å². The van der Waals surface area contributed by atoms with Gasteiger partial charge in [-0.2, -0.15) is 0 Å². The quantitative estimate of drug-likeness (QED) is 0.680. The third-order valence-corrected chi connectivity index (χ3v) is 3.71. The molecule has 0 radical (unpaired) electrons. The number of nitrogens with one attached hydrogen (secondary N) is 1. The molecule has 0 atom stereocenters. The van der Waals surface area contributed by atoms with Crippen LogP contribution in [-0.2, 0) is 11.3 Å². The Hall–Kier alpha value is -1.88. The minimum Gasteiger partial charge on any atom is -0.545 e. The van der Waals surface area contributed by atoms with E-state index in [2.05, 4.69) is 0 Å². The van der Waals surface area contributed by atoms with Gasteiger partial charge in [0.1, 0.15) is 6.54 Å². The van der Waals surface area contributed by atoms with Crippen molar-refractivity contribution in [2.45, 2.75) is 19.4 Å². The smallest absolute Gasteiger partial charge is 0.220 e. The van der Waals surface area contributed by atoms with Gasteiger partial charge in [0.25, 0.3) is 0 Å². The van der Waals surface area contributed by atoms with Crippen LogP contribution in [0, 0.1) is 5.92 Å². The first-order chi connectivity index (χ1) is 9.06. The number of benzene rings is 1. The fraction of sp³-hybridized carbons (Fsp3) is 0.429. The van der Waals surface area contributed by atoms with Gasteiger partial charge < -0.3 is 20.5 Å². The molecule has 0 spiro atoms. The molecule has 102 valence electrons. The van der Waals surface area contributed by atoms with Gasteiger partial charge in [-0.3, -0.25) is 4.79 Å². The van der Waals surface area contributed by atoms with Crippen LogP contribution >= 0.6 is 0 Å².